The second kappa shape index (κ2) is 5.31. The van der Waals surface area contributed by atoms with Gasteiger partial charge in [-0.05, 0) is 24.5 Å². The molecule has 0 unspecified atom stereocenters. The van der Waals surface area contributed by atoms with Crippen molar-refractivity contribution in [1.29, 1.82) is 0 Å². The van der Waals surface area contributed by atoms with Crippen molar-refractivity contribution in [2.75, 3.05) is 20.2 Å². The van der Waals surface area contributed by atoms with Crippen LogP contribution in [0.25, 0.3) is 6.08 Å². The number of hydrogen-bond acceptors (Lipinski definition) is 3. The van der Waals surface area contributed by atoms with Gasteiger partial charge in [-0.25, -0.2) is 4.99 Å². The Hall–Kier alpha value is -2.03. The highest BCUT2D eigenvalue weighted by Gasteiger charge is 2.21. The second-order valence-corrected chi connectivity index (χ2v) is 4.82. The van der Waals surface area contributed by atoms with Crippen LogP contribution in [0.3, 0.4) is 0 Å². The number of aliphatic imine (C=N–C) groups is 1. The van der Waals surface area contributed by atoms with Crippen LogP contribution in [0.5, 0.6) is 0 Å². The Labute approximate surface area is 113 Å². The first kappa shape index (κ1) is 12.0. The molecule has 19 heavy (non-hydrogen) atoms. The summed E-state index contributed by atoms with van der Waals surface area (Å²) in [7, 11) is 1.70. The van der Waals surface area contributed by atoms with Gasteiger partial charge in [0.25, 0.3) is 0 Å². The third-order valence-corrected chi connectivity index (χ3v) is 3.50. The number of rotatable bonds is 2. The van der Waals surface area contributed by atoms with E-state index in [4.69, 9.17) is 9.73 Å². The summed E-state index contributed by atoms with van der Waals surface area (Å²) in [4.78, 5) is 7.03. The summed E-state index contributed by atoms with van der Waals surface area (Å²) in [6.45, 7) is 2.20. The molecule has 1 aromatic rings. The van der Waals surface area contributed by atoms with Crippen LogP contribution in [0.1, 0.15) is 18.4 Å². The largest absolute Gasteiger partial charge is 0.494 e. The van der Waals surface area contributed by atoms with E-state index in [9.17, 15) is 0 Å². The van der Waals surface area contributed by atoms with Crippen molar-refractivity contribution in [3.05, 3.63) is 53.4 Å². The molecule has 0 spiro atoms. The lowest BCUT2D eigenvalue weighted by Gasteiger charge is -2.14. The summed E-state index contributed by atoms with van der Waals surface area (Å²) < 4.78 is 5.44. The zero-order valence-electron chi connectivity index (χ0n) is 11.2. The van der Waals surface area contributed by atoms with E-state index in [1.807, 2.05) is 24.3 Å². The van der Waals surface area contributed by atoms with Crippen molar-refractivity contribution in [3.63, 3.8) is 0 Å². The number of nitrogens with zero attached hydrogens (tertiary/aromatic N) is 2. The minimum atomic E-state index is 0.853. The van der Waals surface area contributed by atoms with Crippen molar-refractivity contribution in [1.82, 2.24) is 4.90 Å². The normalized spacial score (nSPS) is 20.7. The lowest BCUT2D eigenvalue weighted by atomic mass is 10.2. The molecular formula is C16H18N2O. The van der Waals surface area contributed by atoms with E-state index in [2.05, 4.69) is 23.1 Å². The maximum absolute atomic E-state index is 5.44. The molecular weight excluding hydrogens is 236 g/mol. The Morgan fingerprint density at radius 1 is 1.16 bits per heavy atom. The quantitative estimate of drug-likeness (QED) is 0.810. The van der Waals surface area contributed by atoms with Crippen LogP contribution in [0.2, 0.25) is 0 Å². The Kier molecular flexibility index (Phi) is 3.36. The highest BCUT2D eigenvalue weighted by Crippen LogP contribution is 2.25. The molecule has 3 heteroatoms. The lowest BCUT2D eigenvalue weighted by Crippen LogP contribution is -2.24. The summed E-state index contributed by atoms with van der Waals surface area (Å²) in [5.74, 6) is 1.89. The van der Waals surface area contributed by atoms with Crippen LogP contribution in [-0.2, 0) is 4.74 Å². The van der Waals surface area contributed by atoms with Gasteiger partial charge in [0.2, 0.25) is 0 Å². The monoisotopic (exact) mass is 254 g/mol. The minimum absolute atomic E-state index is 0.853. The number of likely N-dealkylation sites (tertiary alicyclic amines) is 1. The first-order chi connectivity index (χ1) is 9.36. The van der Waals surface area contributed by atoms with Gasteiger partial charge in [0.05, 0.1) is 7.11 Å². The number of amidine groups is 1. The van der Waals surface area contributed by atoms with E-state index in [0.717, 1.165) is 35.9 Å². The third-order valence-electron chi connectivity index (χ3n) is 3.50. The van der Waals surface area contributed by atoms with E-state index in [-0.39, 0.29) is 0 Å². The molecule has 2 aliphatic heterocycles. The maximum Gasteiger partial charge on any atom is 0.148 e. The molecule has 1 saturated heterocycles. The predicted octanol–water partition coefficient (Wildman–Crippen LogP) is 3.07. The maximum atomic E-state index is 5.44. The summed E-state index contributed by atoms with van der Waals surface area (Å²) >= 11 is 0. The zero-order chi connectivity index (χ0) is 13.1. The van der Waals surface area contributed by atoms with Crippen LogP contribution >= 0.6 is 0 Å². The van der Waals surface area contributed by atoms with Crippen molar-refractivity contribution in [2.24, 2.45) is 4.99 Å². The van der Waals surface area contributed by atoms with E-state index in [0.29, 0.717) is 0 Å². The number of ether oxygens (including phenoxy) is 1. The predicted molar refractivity (Wildman–Crippen MR) is 77.8 cm³/mol. The SMILES string of the molecule is COC1=CC(N2CCCC2)=N/C1=C\c1ccccc1. The molecule has 0 amide bonds. The van der Waals surface area contributed by atoms with Gasteiger partial charge in [0, 0.05) is 19.2 Å². The molecule has 0 radical (unpaired) electrons. The van der Waals surface area contributed by atoms with Crippen molar-refractivity contribution in [2.45, 2.75) is 12.8 Å². The first-order valence-electron chi connectivity index (χ1n) is 6.73. The fraction of sp³-hybridized carbons (Fsp3) is 0.312. The third kappa shape index (κ3) is 2.55. The highest BCUT2D eigenvalue weighted by atomic mass is 16.5. The highest BCUT2D eigenvalue weighted by molar-refractivity contribution is 5.98. The summed E-state index contributed by atoms with van der Waals surface area (Å²) in [5.41, 5.74) is 2.06. The Bertz CT molecular complexity index is 537. The van der Waals surface area contributed by atoms with Crippen LogP contribution in [0.4, 0.5) is 0 Å². The fourth-order valence-corrected chi connectivity index (χ4v) is 2.48. The van der Waals surface area contributed by atoms with Gasteiger partial charge >= 0.3 is 0 Å². The molecule has 98 valence electrons. The zero-order valence-corrected chi connectivity index (χ0v) is 11.2. The smallest absolute Gasteiger partial charge is 0.148 e. The number of methoxy groups -OCH3 is 1. The van der Waals surface area contributed by atoms with Gasteiger partial charge < -0.3 is 9.64 Å². The molecule has 2 aliphatic rings. The van der Waals surface area contributed by atoms with Crippen LogP contribution in [-0.4, -0.2) is 30.9 Å². The molecule has 0 bridgehead atoms. The standard InChI is InChI=1S/C16H18N2O/c1-19-15-12-16(18-9-5-6-10-18)17-14(15)11-13-7-3-2-4-8-13/h2-4,7-8,11-12H,5-6,9-10H2,1H3/b14-11-. The molecule has 1 fully saturated rings. The molecule has 2 heterocycles. The minimum Gasteiger partial charge on any atom is -0.494 e. The molecule has 0 aliphatic carbocycles. The molecule has 0 aromatic heterocycles. The van der Waals surface area contributed by atoms with Gasteiger partial charge in [0.1, 0.15) is 17.3 Å². The van der Waals surface area contributed by atoms with Crippen LogP contribution < -0.4 is 0 Å². The fourth-order valence-electron chi connectivity index (χ4n) is 2.48. The van der Waals surface area contributed by atoms with E-state index in [1.54, 1.807) is 7.11 Å². The Morgan fingerprint density at radius 2 is 1.89 bits per heavy atom. The van der Waals surface area contributed by atoms with Gasteiger partial charge in [0.15, 0.2) is 0 Å². The van der Waals surface area contributed by atoms with Crippen molar-refractivity contribution in [3.8, 4) is 0 Å². The van der Waals surface area contributed by atoms with Gasteiger partial charge in [-0.2, -0.15) is 0 Å². The second-order valence-electron chi connectivity index (χ2n) is 4.82. The lowest BCUT2D eigenvalue weighted by molar-refractivity contribution is 0.303. The van der Waals surface area contributed by atoms with E-state index >= 15 is 0 Å². The summed E-state index contributed by atoms with van der Waals surface area (Å²) in [6, 6.07) is 10.2. The van der Waals surface area contributed by atoms with Crippen LogP contribution in [0.15, 0.2) is 52.9 Å². The van der Waals surface area contributed by atoms with Crippen molar-refractivity contribution >= 4 is 11.9 Å². The molecule has 3 nitrogen and oxygen atoms in total. The molecule has 0 N–H and O–H groups in total. The molecule has 0 saturated carbocycles. The first-order valence-corrected chi connectivity index (χ1v) is 6.73. The molecule has 3 rings (SSSR count). The Balaban J connectivity index is 1.88. The van der Waals surface area contributed by atoms with Crippen LogP contribution in [0, 0.1) is 0 Å². The average Bonchev–Trinajstić information content (AvgIpc) is 3.08. The van der Waals surface area contributed by atoms with Gasteiger partial charge in [-0.1, -0.05) is 30.3 Å². The molecule has 1 aromatic carbocycles. The van der Waals surface area contributed by atoms with E-state index < -0.39 is 0 Å². The average molecular weight is 254 g/mol. The number of hydrogen-bond donors (Lipinski definition) is 0. The van der Waals surface area contributed by atoms with Gasteiger partial charge in [-0.3, -0.25) is 0 Å². The summed E-state index contributed by atoms with van der Waals surface area (Å²) in [5, 5.41) is 0. The number of benzene rings is 1. The van der Waals surface area contributed by atoms with Gasteiger partial charge in [-0.15, -0.1) is 0 Å². The Morgan fingerprint density at radius 3 is 2.58 bits per heavy atom. The van der Waals surface area contributed by atoms with E-state index in [1.165, 1.54) is 12.8 Å². The van der Waals surface area contributed by atoms with Crippen molar-refractivity contribution < 1.29 is 4.74 Å². The molecule has 0 atom stereocenters. The topological polar surface area (TPSA) is 24.8 Å². The summed E-state index contributed by atoms with van der Waals surface area (Å²) in [6.07, 6.45) is 6.62.